The Morgan fingerprint density at radius 1 is 0.968 bits per heavy atom. The van der Waals surface area contributed by atoms with Crippen molar-refractivity contribution in [1.29, 1.82) is 0 Å². The molecule has 1 atom stereocenters. The molecule has 0 aliphatic heterocycles. The van der Waals surface area contributed by atoms with Crippen LogP contribution in [0.3, 0.4) is 0 Å². The fraction of sp³-hybridized carbons (Fsp3) is 0.174. The summed E-state index contributed by atoms with van der Waals surface area (Å²) in [4.78, 5) is 12.1. The number of nitrogens with one attached hydrogen (secondary N) is 2. The van der Waals surface area contributed by atoms with Crippen LogP contribution in [0.5, 0.6) is 5.75 Å². The highest BCUT2D eigenvalue weighted by atomic mass is 35.5. The van der Waals surface area contributed by atoms with Crippen LogP contribution in [0.2, 0.25) is 5.02 Å². The molecule has 0 bridgehead atoms. The number of carbonyl (C=O) groups is 1. The molecular formula is C23H23ClN2O4S. The summed E-state index contributed by atoms with van der Waals surface area (Å²) in [5, 5.41) is 3.31. The molecule has 6 nitrogen and oxygen atoms in total. The number of hydrogen-bond acceptors (Lipinski definition) is 4. The summed E-state index contributed by atoms with van der Waals surface area (Å²) < 4.78 is 33.3. The third kappa shape index (κ3) is 6.55. The highest BCUT2D eigenvalue weighted by Crippen LogP contribution is 2.19. The summed E-state index contributed by atoms with van der Waals surface area (Å²) in [5.74, 6) is 0.0814. The smallest absolute Gasteiger partial charge is 0.258 e. The molecule has 31 heavy (non-hydrogen) atoms. The van der Waals surface area contributed by atoms with Crippen LogP contribution < -0.4 is 14.8 Å². The molecule has 0 aliphatic rings. The van der Waals surface area contributed by atoms with Gasteiger partial charge in [-0.15, -0.1) is 0 Å². The van der Waals surface area contributed by atoms with Crippen LogP contribution in [0.4, 0.5) is 0 Å². The third-order valence-corrected chi connectivity index (χ3v) is 6.49. The van der Waals surface area contributed by atoms with Crippen LogP contribution >= 0.6 is 11.6 Å². The summed E-state index contributed by atoms with van der Waals surface area (Å²) in [6.45, 7) is 1.88. The first-order chi connectivity index (χ1) is 14.8. The SMILES string of the molecule is C[C@@H](NS(=O)(=O)c1ccc(OCC(=O)NCc2ccccc2Cl)cc1)c1ccccc1. The van der Waals surface area contributed by atoms with Gasteiger partial charge in [0.25, 0.3) is 5.91 Å². The Balaban J connectivity index is 1.52. The first-order valence-electron chi connectivity index (χ1n) is 9.65. The number of hydrogen-bond donors (Lipinski definition) is 2. The summed E-state index contributed by atoms with van der Waals surface area (Å²) in [5.41, 5.74) is 1.68. The van der Waals surface area contributed by atoms with Crippen LogP contribution in [0.15, 0.2) is 83.8 Å². The highest BCUT2D eigenvalue weighted by molar-refractivity contribution is 7.89. The molecule has 3 rings (SSSR count). The van der Waals surface area contributed by atoms with Crippen molar-refractivity contribution in [2.45, 2.75) is 24.4 Å². The molecule has 0 unspecified atom stereocenters. The average Bonchev–Trinajstić information content (AvgIpc) is 2.77. The Labute approximate surface area is 187 Å². The van der Waals surface area contributed by atoms with Crippen molar-refractivity contribution in [3.8, 4) is 5.75 Å². The van der Waals surface area contributed by atoms with Crippen LogP contribution in [0.1, 0.15) is 24.1 Å². The lowest BCUT2D eigenvalue weighted by Gasteiger charge is -2.15. The largest absolute Gasteiger partial charge is 0.484 e. The van der Waals surface area contributed by atoms with Crippen molar-refractivity contribution in [2.24, 2.45) is 0 Å². The van der Waals surface area contributed by atoms with E-state index in [-0.39, 0.29) is 23.5 Å². The first kappa shape index (κ1) is 22.8. The van der Waals surface area contributed by atoms with Crippen LogP contribution in [-0.4, -0.2) is 20.9 Å². The fourth-order valence-electron chi connectivity index (χ4n) is 2.86. The van der Waals surface area contributed by atoms with Crippen molar-refractivity contribution in [1.82, 2.24) is 10.0 Å². The predicted octanol–water partition coefficient (Wildman–Crippen LogP) is 4.07. The van der Waals surface area contributed by atoms with Crippen molar-refractivity contribution in [3.05, 3.63) is 95.0 Å². The van der Waals surface area contributed by atoms with Gasteiger partial charge in [-0.1, -0.05) is 60.1 Å². The second-order valence-corrected chi connectivity index (χ2v) is 9.00. The zero-order chi connectivity index (χ0) is 22.3. The third-order valence-electron chi connectivity index (χ3n) is 4.57. The second kappa shape index (κ2) is 10.4. The number of amides is 1. The lowest BCUT2D eigenvalue weighted by Crippen LogP contribution is -2.28. The predicted molar refractivity (Wildman–Crippen MR) is 120 cm³/mol. The normalized spacial score (nSPS) is 12.2. The average molecular weight is 459 g/mol. The second-order valence-electron chi connectivity index (χ2n) is 6.88. The van der Waals surface area contributed by atoms with Gasteiger partial charge < -0.3 is 10.1 Å². The number of halogens is 1. The fourth-order valence-corrected chi connectivity index (χ4v) is 4.30. The van der Waals surface area contributed by atoms with Crippen LogP contribution in [0.25, 0.3) is 0 Å². The van der Waals surface area contributed by atoms with E-state index in [1.54, 1.807) is 13.0 Å². The van der Waals surface area contributed by atoms with E-state index in [1.165, 1.54) is 24.3 Å². The molecule has 0 heterocycles. The van der Waals surface area contributed by atoms with E-state index < -0.39 is 10.0 Å². The van der Waals surface area contributed by atoms with Crippen LogP contribution in [-0.2, 0) is 21.4 Å². The molecule has 0 aliphatic carbocycles. The quantitative estimate of drug-likeness (QED) is 0.506. The minimum atomic E-state index is -3.70. The standard InChI is InChI=1S/C23H23ClN2O4S/c1-17(18-7-3-2-4-8-18)26-31(28,29)21-13-11-20(12-14-21)30-16-23(27)25-15-19-9-5-6-10-22(19)24/h2-14,17,26H,15-16H2,1H3,(H,25,27)/t17-/m1/s1. The Kier molecular flexibility index (Phi) is 7.68. The molecule has 2 N–H and O–H groups in total. The maximum Gasteiger partial charge on any atom is 0.258 e. The molecule has 8 heteroatoms. The Bertz CT molecular complexity index is 1120. The van der Waals surface area contributed by atoms with E-state index in [1.807, 2.05) is 48.5 Å². The lowest BCUT2D eigenvalue weighted by molar-refractivity contribution is -0.123. The first-order valence-corrected chi connectivity index (χ1v) is 11.5. The van der Waals surface area contributed by atoms with E-state index in [0.717, 1.165) is 11.1 Å². The van der Waals surface area contributed by atoms with Gasteiger partial charge in [-0.05, 0) is 48.4 Å². The lowest BCUT2D eigenvalue weighted by atomic mass is 10.1. The molecule has 0 saturated heterocycles. The number of ether oxygens (including phenoxy) is 1. The molecule has 3 aromatic carbocycles. The zero-order valence-corrected chi connectivity index (χ0v) is 18.5. The zero-order valence-electron chi connectivity index (χ0n) is 16.9. The minimum absolute atomic E-state index is 0.116. The molecule has 3 aromatic rings. The van der Waals surface area contributed by atoms with Gasteiger partial charge in [-0.2, -0.15) is 0 Å². The van der Waals surface area contributed by atoms with Gasteiger partial charge >= 0.3 is 0 Å². The number of benzene rings is 3. The van der Waals surface area contributed by atoms with Gasteiger partial charge in [0.2, 0.25) is 10.0 Å². The highest BCUT2D eigenvalue weighted by Gasteiger charge is 2.18. The summed E-state index contributed by atoms with van der Waals surface area (Å²) >= 11 is 6.06. The van der Waals surface area contributed by atoms with E-state index in [4.69, 9.17) is 16.3 Å². The summed E-state index contributed by atoms with van der Waals surface area (Å²) in [6.07, 6.45) is 0. The Morgan fingerprint density at radius 3 is 2.29 bits per heavy atom. The number of sulfonamides is 1. The van der Waals surface area contributed by atoms with Gasteiger partial charge in [0, 0.05) is 17.6 Å². The van der Waals surface area contributed by atoms with Crippen molar-refractivity contribution >= 4 is 27.5 Å². The van der Waals surface area contributed by atoms with E-state index >= 15 is 0 Å². The van der Waals surface area contributed by atoms with E-state index in [0.29, 0.717) is 17.3 Å². The maximum absolute atomic E-state index is 12.6. The van der Waals surface area contributed by atoms with Gasteiger partial charge in [0.05, 0.1) is 4.90 Å². The van der Waals surface area contributed by atoms with E-state index in [2.05, 4.69) is 10.0 Å². The molecule has 0 radical (unpaired) electrons. The topological polar surface area (TPSA) is 84.5 Å². The molecular weight excluding hydrogens is 436 g/mol. The van der Waals surface area contributed by atoms with Crippen molar-refractivity contribution in [3.63, 3.8) is 0 Å². The number of carbonyl (C=O) groups excluding carboxylic acids is 1. The minimum Gasteiger partial charge on any atom is -0.484 e. The number of rotatable bonds is 9. The molecule has 0 saturated carbocycles. The van der Waals surface area contributed by atoms with Crippen molar-refractivity contribution < 1.29 is 17.9 Å². The van der Waals surface area contributed by atoms with Gasteiger partial charge in [0.1, 0.15) is 5.75 Å². The molecule has 1 amide bonds. The van der Waals surface area contributed by atoms with Gasteiger partial charge in [0.15, 0.2) is 6.61 Å². The van der Waals surface area contributed by atoms with Crippen LogP contribution in [0, 0.1) is 0 Å². The Hall–Kier alpha value is -2.87. The van der Waals surface area contributed by atoms with Crippen molar-refractivity contribution in [2.75, 3.05) is 6.61 Å². The Morgan fingerprint density at radius 2 is 1.61 bits per heavy atom. The summed E-state index contributed by atoms with van der Waals surface area (Å²) in [6, 6.07) is 22.1. The van der Waals surface area contributed by atoms with E-state index in [9.17, 15) is 13.2 Å². The molecule has 162 valence electrons. The molecule has 0 fully saturated rings. The van der Waals surface area contributed by atoms with Gasteiger partial charge in [-0.3, -0.25) is 4.79 Å². The molecule has 0 aromatic heterocycles. The monoisotopic (exact) mass is 458 g/mol. The maximum atomic E-state index is 12.6. The molecule has 0 spiro atoms. The summed E-state index contributed by atoms with van der Waals surface area (Å²) in [7, 11) is -3.70. The van der Waals surface area contributed by atoms with Gasteiger partial charge in [-0.25, -0.2) is 13.1 Å².